The predicted octanol–water partition coefficient (Wildman–Crippen LogP) is -3.22. The van der Waals surface area contributed by atoms with Crippen LogP contribution < -0.4 is 0 Å². The lowest BCUT2D eigenvalue weighted by Crippen LogP contribution is -2.62. The van der Waals surface area contributed by atoms with E-state index in [-0.39, 0.29) is 6.61 Å². The number of aliphatic hydroxyl groups excluding tert-OH is 4. The highest BCUT2D eigenvalue weighted by Crippen LogP contribution is 2.22. The average molecular weight is 181 g/mol. The Balaban J connectivity index is 2.71. The fourth-order valence-corrected chi connectivity index (χ4v) is 1.03. The van der Waals surface area contributed by atoms with Crippen molar-refractivity contribution in [1.29, 1.82) is 0 Å². The van der Waals surface area contributed by atoms with Gasteiger partial charge in [0.05, 0.1) is 13.2 Å². The van der Waals surface area contributed by atoms with Crippen molar-refractivity contribution < 1.29 is 30.3 Å². The van der Waals surface area contributed by atoms with Crippen molar-refractivity contribution in [2.24, 2.45) is 0 Å². The van der Waals surface area contributed by atoms with Gasteiger partial charge in [-0.1, -0.05) is 0 Å². The number of aliphatic hydroxyl groups is 5. The lowest BCUT2D eigenvalue weighted by Gasteiger charge is -2.40. The molecule has 0 spiro atoms. The van der Waals surface area contributed by atoms with E-state index in [1.54, 1.807) is 0 Å². The van der Waals surface area contributed by atoms with Crippen molar-refractivity contribution in [2.75, 3.05) is 13.2 Å². The Morgan fingerprint density at radius 3 is 2.42 bits per heavy atom. The summed E-state index contributed by atoms with van der Waals surface area (Å²) in [5.74, 6) is -2.17. The normalized spacial score (nSPS) is 49.2. The number of hydrogen-bond donors (Lipinski definition) is 5. The van der Waals surface area contributed by atoms with Gasteiger partial charge in [-0.2, -0.15) is 0 Å². The Labute approximate surface area is 68.6 Å². The van der Waals surface area contributed by atoms with E-state index >= 15 is 0 Å². The third-order valence-corrected chi connectivity index (χ3v) is 1.91. The first-order valence-corrected chi connectivity index (χ1v) is 3.52. The van der Waals surface area contributed by atoms with Gasteiger partial charge in [0.1, 0.15) is 18.3 Å². The molecule has 0 bridgehead atoms. The molecule has 1 heterocycles. The smallest absolute Gasteiger partial charge is 0.218 e. The molecule has 0 aromatic heterocycles. The Morgan fingerprint density at radius 2 is 1.92 bits per heavy atom. The van der Waals surface area contributed by atoms with E-state index < -0.39 is 30.7 Å². The molecule has 0 aromatic carbocycles. The van der Waals surface area contributed by atoms with Crippen molar-refractivity contribution in [3.8, 4) is 0 Å². The standard InChI is InChI=1S/C6H12O6/c7-2-6(11)5(10)4(9)3(8)1-12-6/h3-5,7-11H,1-2H2/t3-,4-,5+,6-/m1/s1/i6+1. The van der Waals surface area contributed by atoms with E-state index in [4.69, 9.17) is 20.4 Å². The van der Waals surface area contributed by atoms with Crippen LogP contribution in [-0.4, -0.2) is 62.8 Å². The van der Waals surface area contributed by atoms with Crippen molar-refractivity contribution in [2.45, 2.75) is 24.1 Å². The van der Waals surface area contributed by atoms with Crippen molar-refractivity contribution >= 4 is 0 Å². The fourth-order valence-electron chi connectivity index (χ4n) is 1.03. The second kappa shape index (κ2) is 3.25. The molecule has 0 unspecified atom stereocenters. The Kier molecular flexibility index (Phi) is 2.67. The summed E-state index contributed by atoms with van der Waals surface area (Å²) in [5, 5.41) is 45.0. The molecule has 0 aliphatic carbocycles. The molecule has 0 amide bonds. The molecule has 6 heteroatoms. The summed E-state index contributed by atoms with van der Waals surface area (Å²) in [6.45, 7) is -1.16. The van der Waals surface area contributed by atoms with Crippen LogP contribution in [0.5, 0.6) is 0 Å². The molecule has 0 radical (unpaired) electrons. The minimum atomic E-state index is -2.17. The van der Waals surface area contributed by atoms with E-state index in [9.17, 15) is 5.11 Å². The molecule has 0 saturated carbocycles. The maximum absolute atomic E-state index is 9.24. The molecule has 1 aliphatic heterocycles. The highest BCUT2D eigenvalue weighted by Gasteiger charge is 2.47. The average Bonchev–Trinajstić information content (AvgIpc) is 2.09. The van der Waals surface area contributed by atoms with Gasteiger partial charge < -0.3 is 30.3 Å². The highest BCUT2D eigenvalue weighted by atomic mass is 16.8. The van der Waals surface area contributed by atoms with Gasteiger partial charge in [-0.25, -0.2) is 0 Å². The highest BCUT2D eigenvalue weighted by molar-refractivity contribution is 4.90. The monoisotopic (exact) mass is 181 g/mol. The summed E-state index contributed by atoms with van der Waals surface area (Å²) in [5.41, 5.74) is 0. The molecule has 1 saturated heterocycles. The molecule has 5 N–H and O–H groups in total. The minimum Gasteiger partial charge on any atom is -0.391 e. The SMILES string of the molecule is OC[13C@@]1(O)OC[C@@H](O)[C@@H](O)[C@@H]1O. The van der Waals surface area contributed by atoms with Crippen LogP contribution in [0.15, 0.2) is 0 Å². The minimum absolute atomic E-state index is 0.324. The zero-order valence-electron chi connectivity index (χ0n) is 6.29. The summed E-state index contributed by atoms with van der Waals surface area (Å²) >= 11 is 0. The Bertz CT molecular complexity index is 162. The summed E-state index contributed by atoms with van der Waals surface area (Å²) in [6, 6.07) is 0. The molecule has 1 aliphatic rings. The first kappa shape index (κ1) is 9.85. The van der Waals surface area contributed by atoms with E-state index in [1.807, 2.05) is 0 Å². The van der Waals surface area contributed by atoms with Crippen LogP contribution in [0.3, 0.4) is 0 Å². The third-order valence-electron chi connectivity index (χ3n) is 1.91. The summed E-state index contributed by atoms with van der Waals surface area (Å²) in [4.78, 5) is 0. The van der Waals surface area contributed by atoms with E-state index in [0.29, 0.717) is 0 Å². The van der Waals surface area contributed by atoms with Crippen LogP contribution >= 0.6 is 0 Å². The van der Waals surface area contributed by atoms with Crippen LogP contribution in [0.1, 0.15) is 0 Å². The van der Waals surface area contributed by atoms with E-state index in [2.05, 4.69) is 4.74 Å². The predicted molar refractivity (Wildman–Crippen MR) is 36.0 cm³/mol. The third kappa shape index (κ3) is 1.45. The maximum atomic E-state index is 9.24. The summed E-state index contributed by atoms with van der Waals surface area (Å²) < 4.78 is 4.56. The maximum Gasteiger partial charge on any atom is 0.218 e. The molecule has 72 valence electrons. The first-order chi connectivity index (χ1) is 5.51. The Hall–Kier alpha value is -0.240. The quantitative estimate of drug-likeness (QED) is 0.272. The van der Waals surface area contributed by atoms with Gasteiger partial charge >= 0.3 is 0 Å². The lowest BCUT2D eigenvalue weighted by molar-refractivity contribution is -0.331. The molecule has 12 heavy (non-hydrogen) atoms. The largest absolute Gasteiger partial charge is 0.391 e. The van der Waals surface area contributed by atoms with Crippen molar-refractivity contribution in [1.82, 2.24) is 0 Å². The lowest BCUT2D eigenvalue weighted by atomic mass is 10.1. The van der Waals surface area contributed by atoms with Crippen LogP contribution in [-0.2, 0) is 4.74 Å². The van der Waals surface area contributed by atoms with E-state index in [0.717, 1.165) is 0 Å². The van der Waals surface area contributed by atoms with Gasteiger partial charge in [-0.05, 0) is 0 Å². The van der Waals surface area contributed by atoms with Gasteiger partial charge in [-0.3, -0.25) is 0 Å². The fraction of sp³-hybridized carbons (Fsp3) is 1.00. The van der Waals surface area contributed by atoms with E-state index in [1.165, 1.54) is 0 Å². The number of ether oxygens (including phenoxy) is 1. The second-order valence-electron chi connectivity index (χ2n) is 2.82. The van der Waals surface area contributed by atoms with Crippen molar-refractivity contribution in [3.05, 3.63) is 0 Å². The number of hydrogen-bond acceptors (Lipinski definition) is 6. The summed E-state index contributed by atoms with van der Waals surface area (Å²) in [7, 11) is 0. The van der Waals surface area contributed by atoms with Crippen LogP contribution in [0.2, 0.25) is 0 Å². The second-order valence-corrected chi connectivity index (χ2v) is 2.82. The van der Waals surface area contributed by atoms with Gasteiger partial charge in [-0.15, -0.1) is 0 Å². The topological polar surface area (TPSA) is 110 Å². The Morgan fingerprint density at radius 1 is 1.33 bits per heavy atom. The van der Waals surface area contributed by atoms with Gasteiger partial charge in [0.2, 0.25) is 5.79 Å². The van der Waals surface area contributed by atoms with Crippen molar-refractivity contribution in [3.63, 3.8) is 0 Å². The molecule has 0 aromatic rings. The van der Waals surface area contributed by atoms with Gasteiger partial charge in [0.15, 0.2) is 0 Å². The summed E-state index contributed by atoms with van der Waals surface area (Å²) in [6.07, 6.45) is -4.45. The van der Waals surface area contributed by atoms with Crippen LogP contribution in [0.25, 0.3) is 0 Å². The molecular formula is C6H12O6. The van der Waals surface area contributed by atoms with Crippen LogP contribution in [0, 0.1) is 0 Å². The first-order valence-electron chi connectivity index (χ1n) is 3.52. The molecule has 4 atom stereocenters. The molecular weight excluding hydrogens is 169 g/mol. The zero-order chi connectivity index (χ0) is 9.35. The van der Waals surface area contributed by atoms with Gasteiger partial charge in [0, 0.05) is 0 Å². The zero-order valence-corrected chi connectivity index (χ0v) is 6.29. The van der Waals surface area contributed by atoms with Crippen LogP contribution in [0.4, 0.5) is 0 Å². The molecule has 1 fully saturated rings. The molecule has 1 rings (SSSR count). The van der Waals surface area contributed by atoms with Gasteiger partial charge in [0.25, 0.3) is 0 Å². The number of rotatable bonds is 1. The molecule has 6 nitrogen and oxygen atoms in total.